The Labute approximate surface area is 89.7 Å². The molecule has 0 atom stereocenters. The zero-order chi connectivity index (χ0) is 10.4. The van der Waals surface area contributed by atoms with Crippen LogP contribution >= 0.6 is 11.6 Å². The van der Waals surface area contributed by atoms with Gasteiger partial charge in [0, 0.05) is 39.0 Å². The van der Waals surface area contributed by atoms with Crippen molar-refractivity contribution in [2.75, 3.05) is 38.7 Å². The predicted octanol–water partition coefficient (Wildman–Crippen LogP) is 0.711. The lowest BCUT2D eigenvalue weighted by Gasteiger charge is -2.33. The highest BCUT2D eigenvalue weighted by molar-refractivity contribution is 6.17. The molecule has 82 valence electrons. The van der Waals surface area contributed by atoms with Gasteiger partial charge in [-0.05, 0) is 6.42 Å². The van der Waals surface area contributed by atoms with E-state index in [-0.39, 0.29) is 5.91 Å². The Balaban J connectivity index is 2.12. The minimum Gasteiger partial charge on any atom is -0.340 e. The number of alkyl halides is 1. The molecule has 1 rings (SSSR count). The van der Waals surface area contributed by atoms with Gasteiger partial charge in [-0.15, -0.1) is 11.6 Å². The monoisotopic (exact) mass is 220 g/mol. The summed E-state index contributed by atoms with van der Waals surface area (Å²) in [6.07, 6.45) is 0.870. The maximum atomic E-state index is 11.0. The average Bonchev–Trinajstić information content (AvgIpc) is 2.19. The van der Waals surface area contributed by atoms with Crippen LogP contribution in [0, 0.1) is 0 Å². The summed E-state index contributed by atoms with van der Waals surface area (Å²) in [4.78, 5) is 18.3. The molecule has 1 heterocycles. The Bertz CT molecular complexity index is 182. The molecular formula is C9H17ClN2O2. The van der Waals surface area contributed by atoms with E-state index in [9.17, 15) is 4.79 Å². The molecule has 1 aliphatic heterocycles. The lowest BCUT2D eigenvalue weighted by Crippen LogP contribution is -2.47. The van der Waals surface area contributed by atoms with Gasteiger partial charge < -0.3 is 4.90 Å². The summed E-state index contributed by atoms with van der Waals surface area (Å²) in [6.45, 7) is 5.38. The van der Waals surface area contributed by atoms with Crippen LogP contribution in [0.5, 0.6) is 0 Å². The molecule has 0 aromatic carbocycles. The van der Waals surface area contributed by atoms with E-state index < -0.39 is 0 Å². The highest BCUT2D eigenvalue weighted by atomic mass is 35.5. The molecule has 1 saturated heterocycles. The smallest absolute Gasteiger partial charge is 0.219 e. The number of halogens is 1. The number of hydrogen-bond donors (Lipinski definition) is 0. The maximum Gasteiger partial charge on any atom is 0.219 e. The molecule has 0 unspecified atom stereocenters. The van der Waals surface area contributed by atoms with Crippen LogP contribution in [0.15, 0.2) is 0 Å². The van der Waals surface area contributed by atoms with Crippen molar-refractivity contribution in [3.63, 3.8) is 0 Å². The third-order valence-corrected chi connectivity index (χ3v) is 2.50. The summed E-state index contributed by atoms with van der Waals surface area (Å²) < 4.78 is 0. The number of hydrogen-bond acceptors (Lipinski definition) is 3. The molecule has 4 nitrogen and oxygen atoms in total. The van der Waals surface area contributed by atoms with Crippen LogP contribution in [0.2, 0.25) is 0 Å². The van der Waals surface area contributed by atoms with Gasteiger partial charge in [-0.2, -0.15) is 5.06 Å². The molecule has 0 bridgehead atoms. The first kappa shape index (κ1) is 11.8. The number of hydroxylamine groups is 2. The maximum absolute atomic E-state index is 11.0. The van der Waals surface area contributed by atoms with Crippen LogP contribution in [-0.4, -0.2) is 54.5 Å². The van der Waals surface area contributed by atoms with E-state index in [0.717, 1.165) is 32.6 Å². The average molecular weight is 221 g/mol. The van der Waals surface area contributed by atoms with Crippen molar-refractivity contribution in [1.29, 1.82) is 0 Å². The molecule has 5 heteroatoms. The van der Waals surface area contributed by atoms with Gasteiger partial charge in [-0.3, -0.25) is 9.63 Å². The normalized spacial score (nSPS) is 18.6. The number of carbonyl (C=O) groups is 1. The molecular weight excluding hydrogens is 204 g/mol. The van der Waals surface area contributed by atoms with Crippen LogP contribution in [0.4, 0.5) is 0 Å². The number of nitrogens with zero attached hydrogens (tertiary/aromatic N) is 2. The van der Waals surface area contributed by atoms with Gasteiger partial charge in [0.2, 0.25) is 5.91 Å². The molecule has 0 saturated carbocycles. The number of carbonyl (C=O) groups excluding carboxylic acids is 1. The van der Waals surface area contributed by atoms with E-state index in [4.69, 9.17) is 16.4 Å². The van der Waals surface area contributed by atoms with Crippen molar-refractivity contribution < 1.29 is 9.63 Å². The van der Waals surface area contributed by atoms with Crippen molar-refractivity contribution in [3.05, 3.63) is 0 Å². The van der Waals surface area contributed by atoms with E-state index in [1.165, 1.54) is 0 Å². The van der Waals surface area contributed by atoms with Crippen LogP contribution < -0.4 is 0 Å². The third-order valence-electron chi connectivity index (χ3n) is 2.24. The molecule has 1 fully saturated rings. The van der Waals surface area contributed by atoms with Crippen LogP contribution in [0.3, 0.4) is 0 Å². The summed E-state index contributed by atoms with van der Waals surface area (Å²) in [5, 5.41) is 1.91. The fourth-order valence-corrected chi connectivity index (χ4v) is 1.49. The Kier molecular flexibility index (Phi) is 5.22. The van der Waals surface area contributed by atoms with Crippen molar-refractivity contribution in [1.82, 2.24) is 9.96 Å². The van der Waals surface area contributed by atoms with Crippen LogP contribution in [0.1, 0.15) is 13.3 Å². The standard InChI is InChI=1S/C9H17ClN2O2/c1-9(13)11-4-6-12(7-5-11)14-8-2-3-10/h2-8H2,1H3. The Morgan fingerprint density at radius 2 is 2.00 bits per heavy atom. The van der Waals surface area contributed by atoms with E-state index in [2.05, 4.69) is 0 Å². The molecule has 0 aromatic rings. The molecule has 1 amide bonds. The molecule has 14 heavy (non-hydrogen) atoms. The van der Waals surface area contributed by atoms with Gasteiger partial charge in [0.25, 0.3) is 0 Å². The van der Waals surface area contributed by atoms with Crippen molar-refractivity contribution in [2.24, 2.45) is 0 Å². The third kappa shape index (κ3) is 3.82. The Hall–Kier alpha value is -0.320. The fraction of sp³-hybridized carbons (Fsp3) is 0.889. The van der Waals surface area contributed by atoms with Crippen molar-refractivity contribution in [3.8, 4) is 0 Å². The first-order chi connectivity index (χ1) is 6.74. The van der Waals surface area contributed by atoms with E-state index in [1.807, 2.05) is 9.96 Å². The van der Waals surface area contributed by atoms with Gasteiger partial charge in [0.15, 0.2) is 0 Å². The summed E-state index contributed by atoms with van der Waals surface area (Å²) in [6, 6.07) is 0. The summed E-state index contributed by atoms with van der Waals surface area (Å²) in [7, 11) is 0. The van der Waals surface area contributed by atoms with Gasteiger partial charge in [0.1, 0.15) is 0 Å². The summed E-state index contributed by atoms with van der Waals surface area (Å²) in [5.41, 5.74) is 0. The second-order valence-corrected chi connectivity index (χ2v) is 3.69. The van der Waals surface area contributed by atoms with E-state index >= 15 is 0 Å². The van der Waals surface area contributed by atoms with Gasteiger partial charge in [0.05, 0.1) is 6.61 Å². The lowest BCUT2D eigenvalue weighted by molar-refractivity contribution is -0.179. The van der Waals surface area contributed by atoms with Crippen LogP contribution in [-0.2, 0) is 9.63 Å². The topological polar surface area (TPSA) is 32.8 Å². The SMILES string of the molecule is CC(=O)N1CCN(OCCCCl)CC1. The number of rotatable bonds is 4. The van der Waals surface area contributed by atoms with E-state index in [0.29, 0.717) is 12.5 Å². The second-order valence-electron chi connectivity index (χ2n) is 3.31. The first-order valence-electron chi connectivity index (χ1n) is 4.93. The zero-order valence-electron chi connectivity index (χ0n) is 8.54. The number of piperazine rings is 1. The van der Waals surface area contributed by atoms with E-state index in [1.54, 1.807) is 6.92 Å². The Morgan fingerprint density at radius 3 is 2.50 bits per heavy atom. The molecule has 0 aromatic heterocycles. The summed E-state index contributed by atoms with van der Waals surface area (Å²) in [5.74, 6) is 0.776. The quantitative estimate of drug-likeness (QED) is 0.517. The van der Waals surface area contributed by atoms with Crippen LogP contribution in [0.25, 0.3) is 0 Å². The van der Waals surface area contributed by atoms with Gasteiger partial charge >= 0.3 is 0 Å². The molecule has 0 radical (unpaired) electrons. The molecule has 0 aliphatic carbocycles. The highest BCUT2D eigenvalue weighted by Gasteiger charge is 2.18. The zero-order valence-corrected chi connectivity index (χ0v) is 9.29. The van der Waals surface area contributed by atoms with Gasteiger partial charge in [-0.25, -0.2) is 0 Å². The first-order valence-corrected chi connectivity index (χ1v) is 5.47. The molecule has 0 N–H and O–H groups in total. The minimum absolute atomic E-state index is 0.144. The predicted molar refractivity (Wildman–Crippen MR) is 55.1 cm³/mol. The van der Waals surface area contributed by atoms with Crippen molar-refractivity contribution in [2.45, 2.75) is 13.3 Å². The summed E-state index contributed by atoms with van der Waals surface area (Å²) >= 11 is 5.53. The molecule has 1 aliphatic rings. The van der Waals surface area contributed by atoms with Crippen molar-refractivity contribution >= 4 is 17.5 Å². The second kappa shape index (κ2) is 6.22. The Morgan fingerprint density at radius 1 is 1.36 bits per heavy atom. The minimum atomic E-state index is 0.144. The lowest BCUT2D eigenvalue weighted by atomic mass is 10.3. The fourth-order valence-electron chi connectivity index (χ4n) is 1.38. The van der Waals surface area contributed by atoms with Gasteiger partial charge in [-0.1, -0.05) is 0 Å². The largest absolute Gasteiger partial charge is 0.340 e. The number of amides is 1. The molecule has 0 spiro atoms. The highest BCUT2D eigenvalue weighted by Crippen LogP contribution is 2.03.